The fourth-order valence-electron chi connectivity index (χ4n) is 7.36. The van der Waals surface area contributed by atoms with E-state index in [2.05, 4.69) is 9.71 Å². The van der Waals surface area contributed by atoms with Gasteiger partial charge >= 0.3 is 12.3 Å². The number of nitrogens with zero attached hydrogens (tertiary/aromatic N) is 3. The van der Waals surface area contributed by atoms with E-state index in [-0.39, 0.29) is 65.1 Å². The van der Waals surface area contributed by atoms with Gasteiger partial charge in [-0.25, -0.2) is 22.8 Å². The van der Waals surface area contributed by atoms with Gasteiger partial charge in [-0.1, -0.05) is 18.2 Å². The fourth-order valence-corrected chi connectivity index (χ4v) is 9.93. The van der Waals surface area contributed by atoms with E-state index < -0.39 is 50.2 Å². The number of sulfonamides is 1. The number of hydrogen-bond acceptors (Lipinski definition) is 11. The number of fused-ring (bicyclic) bond motifs is 3. The first-order chi connectivity index (χ1) is 24.3. The molecule has 4 fully saturated rings. The first kappa shape index (κ1) is 34.2. The van der Waals surface area contributed by atoms with E-state index in [9.17, 15) is 31.6 Å². The maximum atomic E-state index is 14.7. The average Bonchev–Trinajstić information content (AvgIpc) is 3.89. The van der Waals surface area contributed by atoms with Gasteiger partial charge in [0.05, 0.1) is 46.1 Å². The molecule has 272 valence electrons. The third-order valence-electron chi connectivity index (χ3n) is 10.7. The van der Waals surface area contributed by atoms with Crippen LogP contribution in [0.1, 0.15) is 75.5 Å². The second-order valence-electron chi connectivity index (χ2n) is 14.1. The van der Waals surface area contributed by atoms with Gasteiger partial charge in [0.2, 0.25) is 15.9 Å². The molecule has 2 aliphatic carbocycles. The second kappa shape index (κ2) is 12.3. The minimum absolute atomic E-state index is 0.0102. The number of carbonyl (C=O) groups is 1. The number of amides is 1. The molecule has 3 aromatic heterocycles. The summed E-state index contributed by atoms with van der Waals surface area (Å²) < 4.78 is 79.9. The van der Waals surface area contributed by atoms with Crippen LogP contribution in [0.4, 0.5) is 8.78 Å². The molecule has 1 aromatic carbocycles. The van der Waals surface area contributed by atoms with Crippen molar-refractivity contribution in [2.24, 2.45) is 0 Å². The van der Waals surface area contributed by atoms with Crippen LogP contribution in [0.2, 0.25) is 0 Å². The summed E-state index contributed by atoms with van der Waals surface area (Å²) in [6.07, 6.45) is 5.20. The van der Waals surface area contributed by atoms with Crippen LogP contribution in [0.3, 0.4) is 0 Å². The van der Waals surface area contributed by atoms with Crippen molar-refractivity contribution in [1.29, 1.82) is 0 Å². The maximum absolute atomic E-state index is 14.7. The third-order valence-corrected chi connectivity index (χ3v) is 14.1. The Balaban J connectivity index is 1.29. The predicted octanol–water partition coefficient (Wildman–Crippen LogP) is 4.75. The van der Waals surface area contributed by atoms with Crippen LogP contribution in [0, 0.1) is 6.92 Å². The molecule has 2 saturated carbocycles. The van der Waals surface area contributed by atoms with Crippen molar-refractivity contribution in [2.45, 2.75) is 113 Å². The molecule has 1 amide bonds. The highest BCUT2D eigenvalue weighted by molar-refractivity contribution is 7.91. The number of thiophene rings is 1. The van der Waals surface area contributed by atoms with Gasteiger partial charge in [-0.05, 0) is 76.8 Å². The van der Waals surface area contributed by atoms with Gasteiger partial charge in [0.25, 0.3) is 11.5 Å². The number of nitrogens with one attached hydrogen (secondary N) is 1. The number of hydrogen-bond donors (Lipinski definition) is 1. The number of aromatic nitrogens is 3. The molecule has 4 aliphatic rings. The summed E-state index contributed by atoms with van der Waals surface area (Å²) in [6, 6.07) is 6.18. The van der Waals surface area contributed by atoms with Crippen molar-refractivity contribution in [3.8, 4) is 16.5 Å². The number of ether oxygens (including phenoxy) is 3. The van der Waals surface area contributed by atoms with Gasteiger partial charge in [-0.3, -0.25) is 18.9 Å². The molecule has 51 heavy (non-hydrogen) atoms. The van der Waals surface area contributed by atoms with Crippen LogP contribution < -0.4 is 20.7 Å². The summed E-state index contributed by atoms with van der Waals surface area (Å²) in [5, 5.41) is 0.115. The lowest BCUT2D eigenvalue weighted by atomic mass is 10.0. The Morgan fingerprint density at radius 2 is 1.84 bits per heavy atom. The molecule has 1 unspecified atom stereocenters. The summed E-state index contributed by atoms with van der Waals surface area (Å²) in [5.74, 6) is -0.880. The van der Waals surface area contributed by atoms with Gasteiger partial charge in [0.1, 0.15) is 28.5 Å². The highest BCUT2D eigenvalue weighted by atomic mass is 32.2. The van der Waals surface area contributed by atoms with Gasteiger partial charge in [0, 0.05) is 5.56 Å². The fraction of sp³-hybridized carbons (Fsp3) is 0.529. The molecule has 4 aromatic rings. The Morgan fingerprint density at radius 3 is 2.47 bits per heavy atom. The van der Waals surface area contributed by atoms with Crippen LogP contribution in [0.15, 0.2) is 50.7 Å². The van der Waals surface area contributed by atoms with Crippen molar-refractivity contribution >= 4 is 37.5 Å². The summed E-state index contributed by atoms with van der Waals surface area (Å²) in [4.78, 5) is 47.9. The molecule has 13 nitrogen and oxygen atoms in total. The number of halogens is 2. The average molecular weight is 747 g/mol. The monoisotopic (exact) mass is 746 g/mol. The van der Waals surface area contributed by atoms with E-state index in [1.165, 1.54) is 30.0 Å². The van der Waals surface area contributed by atoms with E-state index in [0.717, 1.165) is 28.7 Å². The van der Waals surface area contributed by atoms with Gasteiger partial charge in [0.15, 0.2) is 0 Å². The Kier molecular flexibility index (Phi) is 8.27. The minimum atomic E-state index is -4.09. The van der Waals surface area contributed by atoms with E-state index in [1.807, 2.05) is 0 Å². The summed E-state index contributed by atoms with van der Waals surface area (Å²) in [6.45, 7) is -0.182. The van der Waals surface area contributed by atoms with Crippen LogP contribution in [-0.4, -0.2) is 58.1 Å². The summed E-state index contributed by atoms with van der Waals surface area (Å²) in [7, 11) is -4.09. The Morgan fingerprint density at radius 1 is 1.14 bits per heavy atom. The number of alkyl halides is 2. The Bertz CT molecular complexity index is 2230. The quantitative estimate of drug-likeness (QED) is 0.214. The van der Waals surface area contributed by atoms with Crippen molar-refractivity contribution in [1.82, 2.24) is 18.8 Å². The van der Waals surface area contributed by atoms with Crippen LogP contribution in [-0.2, 0) is 36.4 Å². The Labute approximate surface area is 294 Å². The van der Waals surface area contributed by atoms with Crippen LogP contribution >= 0.6 is 11.3 Å². The van der Waals surface area contributed by atoms with Crippen molar-refractivity contribution < 1.29 is 40.6 Å². The molecule has 0 spiro atoms. The first-order valence-corrected chi connectivity index (χ1v) is 19.2. The van der Waals surface area contributed by atoms with E-state index >= 15 is 0 Å². The number of carbonyl (C=O) groups excluding carboxylic acids is 1. The molecule has 17 heteroatoms. The molecule has 0 radical (unpaired) electrons. The van der Waals surface area contributed by atoms with Crippen LogP contribution in [0.5, 0.6) is 5.75 Å². The highest BCUT2D eigenvalue weighted by Crippen LogP contribution is 2.46. The summed E-state index contributed by atoms with van der Waals surface area (Å²) >= 11 is 1.09. The third kappa shape index (κ3) is 5.91. The lowest BCUT2D eigenvalue weighted by molar-refractivity contribution is -0.124. The SMILES string of the molecule is Cc1c(-c2ncco2)sc2c1c(=O)n(C1(C(=O)NS(=O)(=O)C3(C)CC3)CC1)c(=O)n2C[C@H](OC1C[C@H]2CC[C@@H](C1)O2)c1ccccc1OC(F)F. The number of rotatable bonds is 12. The minimum Gasteiger partial charge on any atom is -0.444 e. The normalized spacial score (nSPS) is 23.7. The molecule has 4 atom stereocenters. The van der Waals surface area contributed by atoms with Crippen LogP contribution in [0.25, 0.3) is 21.0 Å². The predicted molar refractivity (Wildman–Crippen MR) is 180 cm³/mol. The topological polar surface area (TPSA) is 161 Å². The van der Waals surface area contributed by atoms with E-state index in [0.29, 0.717) is 36.1 Å². The maximum Gasteiger partial charge on any atom is 0.387 e. The van der Waals surface area contributed by atoms with E-state index in [4.69, 9.17) is 18.6 Å². The second-order valence-corrected chi connectivity index (χ2v) is 17.3. The lowest BCUT2D eigenvalue weighted by Crippen LogP contribution is -2.53. The highest BCUT2D eigenvalue weighted by Gasteiger charge is 2.58. The smallest absolute Gasteiger partial charge is 0.387 e. The zero-order chi connectivity index (χ0) is 35.9. The Hall–Kier alpha value is -3.93. The molecule has 2 bridgehead atoms. The van der Waals surface area contributed by atoms with Crippen molar-refractivity contribution in [2.75, 3.05) is 0 Å². The number of para-hydroxylation sites is 1. The molecular weight excluding hydrogens is 711 g/mol. The molecule has 8 rings (SSSR count). The number of aryl methyl sites for hydroxylation is 1. The first-order valence-electron chi connectivity index (χ1n) is 16.9. The molecule has 2 saturated heterocycles. The zero-order valence-corrected chi connectivity index (χ0v) is 29.4. The van der Waals surface area contributed by atoms with Crippen molar-refractivity contribution in [3.05, 3.63) is 68.7 Å². The molecule has 2 aliphatic heterocycles. The molecule has 5 heterocycles. The van der Waals surface area contributed by atoms with Gasteiger partial charge < -0.3 is 18.6 Å². The van der Waals surface area contributed by atoms with Gasteiger partial charge in [-0.2, -0.15) is 8.78 Å². The van der Waals surface area contributed by atoms with Gasteiger partial charge in [-0.15, -0.1) is 11.3 Å². The number of oxazole rings is 1. The van der Waals surface area contributed by atoms with Crippen molar-refractivity contribution in [3.63, 3.8) is 0 Å². The molecule has 1 N–H and O–H groups in total. The standard InChI is InChI=1S/C34H36F2N4O9S2/c1-18-25-28(41)40(34(11-12-34)30(42)38-51(44,45)33(2)9-10-33)32(43)39(29(25)50-26(18)27-37-13-14-46-27)17-24(22-5-3-4-6-23(22)49-31(35)36)48-21-15-19-7-8-20(16-21)47-19/h3-6,13-14,19-21,24,31H,7-12,15-17H2,1-2H3,(H,38,42)/t19-,20+,21?,24-/m0/s1. The zero-order valence-electron chi connectivity index (χ0n) is 27.8. The molecular formula is C34H36F2N4O9S2. The number of benzene rings is 1. The summed E-state index contributed by atoms with van der Waals surface area (Å²) in [5.41, 5.74) is -2.69. The lowest BCUT2D eigenvalue weighted by Gasteiger charge is -2.32. The van der Waals surface area contributed by atoms with E-state index in [1.54, 1.807) is 25.1 Å². The largest absolute Gasteiger partial charge is 0.444 e.